The second-order valence-electron chi connectivity index (χ2n) is 16.0. The Morgan fingerprint density at radius 2 is 0.981 bits per heavy atom. The van der Waals surface area contributed by atoms with Gasteiger partial charge in [-0.2, -0.15) is 0 Å². The fraction of sp³-hybridized carbons (Fsp3) is 0.160. The van der Waals surface area contributed by atoms with Crippen LogP contribution in [0, 0.1) is 0 Å². The van der Waals surface area contributed by atoms with Gasteiger partial charge in [0.2, 0.25) is 6.71 Å². The smallest absolute Gasteiger partial charge is 0.248 e. The molecule has 0 N–H and O–H groups in total. The second kappa shape index (κ2) is 11.8. The van der Waals surface area contributed by atoms with Gasteiger partial charge in [-0.15, -0.1) is 0 Å². The predicted molar refractivity (Wildman–Crippen MR) is 229 cm³/mol. The van der Waals surface area contributed by atoms with Gasteiger partial charge < -0.3 is 14.7 Å². The molecule has 1 saturated carbocycles. The first-order valence-corrected chi connectivity index (χ1v) is 19.6. The van der Waals surface area contributed by atoms with Crippen LogP contribution in [0.2, 0.25) is 0 Å². The van der Waals surface area contributed by atoms with Crippen molar-refractivity contribution in [2.75, 3.05) is 14.7 Å². The van der Waals surface area contributed by atoms with Gasteiger partial charge >= 0.3 is 0 Å². The zero-order chi connectivity index (χ0) is 36.0. The Morgan fingerprint density at radius 3 is 1.54 bits per heavy atom. The molecule has 7 aromatic carbocycles. The molecule has 0 amide bonds. The van der Waals surface area contributed by atoms with Gasteiger partial charge in [-0.05, 0) is 120 Å². The van der Waals surface area contributed by atoms with Crippen molar-refractivity contribution >= 4 is 68.6 Å². The van der Waals surface area contributed by atoms with Gasteiger partial charge in [0.25, 0.3) is 0 Å². The first kappa shape index (κ1) is 31.5. The van der Waals surface area contributed by atoms with E-state index in [4.69, 9.17) is 0 Å². The monoisotopic (exact) mass is 695 g/mol. The highest BCUT2D eigenvalue weighted by Gasteiger charge is 2.61. The molecule has 4 aliphatic rings. The summed E-state index contributed by atoms with van der Waals surface area (Å²) in [5.41, 5.74) is 18.5. The fourth-order valence-electron chi connectivity index (χ4n) is 10.7. The van der Waals surface area contributed by atoms with E-state index in [1.54, 1.807) is 0 Å². The Balaban J connectivity index is 1.14. The Morgan fingerprint density at radius 1 is 0.481 bits per heavy atom. The first-order chi connectivity index (χ1) is 26.5. The molecule has 1 aliphatic carbocycles. The van der Waals surface area contributed by atoms with Crippen LogP contribution < -0.4 is 31.1 Å². The molecule has 3 nitrogen and oxygen atoms in total. The van der Waals surface area contributed by atoms with Crippen LogP contribution >= 0.6 is 0 Å². The molecule has 260 valence electrons. The number of para-hydroxylation sites is 4. The fourth-order valence-corrected chi connectivity index (χ4v) is 10.7. The number of benzene rings is 7. The molecule has 0 saturated heterocycles. The molecular formula is C50H42BN3. The Labute approximate surface area is 319 Å². The number of fused-ring (bicyclic) bond motifs is 9. The van der Waals surface area contributed by atoms with Crippen LogP contribution in [0.4, 0.5) is 45.5 Å². The van der Waals surface area contributed by atoms with E-state index in [0.29, 0.717) is 0 Å². The van der Waals surface area contributed by atoms with Crippen LogP contribution in [0.3, 0.4) is 0 Å². The van der Waals surface area contributed by atoms with E-state index in [-0.39, 0.29) is 17.7 Å². The second-order valence-corrected chi connectivity index (χ2v) is 16.0. The lowest BCUT2D eigenvalue weighted by Gasteiger charge is -2.51. The predicted octanol–water partition coefficient (Wildman–Crippen LogP) is 11.2. The van der Waals surface area contributed by atoms with Crippen LogP contribution in [0.1, 0.15) is 45.1 Å². The average Bonchev–Trinajstić information content (AvgIpc) is 3.66. The Hall–Kier alpha value is -6.00. The van der Waals surface area contributed by atoms with Crippen molar-refractivity contribution < 1.29 is 0 Å². The zero-order valence-electron chi connectivity index (χ0n) is 30.9. The van der Waals surface area contributed by atoms with Gasteiger partial charge in [0, 0.05) is 50.9 Å². The molecular weight excluding hydrogens is 653 g/mol. The minimum atomic E-state index is -0.0251. The van der Waals surface area contributed by atoms with Crippen molar-refractivity contribution in [3.05, 3.63) is 175 Å². The molecule has 0 bridgehead atoms. The van der Waals surface area contributed by atoms with Crippen molar-refractivity contribution in [3.8, 4) is 11.1 Å². The SMILES string of the molecule is CC12CCCCC1(C)N1c3cc(N(c4ccccc4)c4ccccc4)ccc3B3c4ccc(N(c5ccccc5)c5ccccc5)cc4-c4ccc2c1c43. The first-order valence-electron chi connectivity index (χ1n) is 19.6. The van der Waals surface area contributed by atoms with E-state index >= 15 is 0 Å². The van der Waals surface area contributed by atoms with Crippen LogP contribution in [0.5, 0.6) is 0 Å². The van der Waals surface area contributed by atoms with E-state index in [0.717, 1.165) is 22.7 Å². The van der Waals surface area contributed by atoms with E-state index in [2.05, 4.69) is 198 Å². The van der Waals surface area contributed by atoms with Crippen LogP contribution in [-0.2, 0) is 5.41 Å². The molecule has 0 radical (unpaired) electrons. The molecule has 0 spiro atoms. The minimum Gasteiger partial charge on any atom is -0.335 e. The average molecular weight is 696 g/mol. The third-order valence-electron chi connectivity index (χ3n) is 13.4. The van der Waals surface area contributed by atoms with Crippen molar-refractivity contribution in [2.45, 2.75) is 50.5 Å². The molecule has 3 aliphatic heterocycles. The summed E-state index contributed by atoms with van der Waals surface area (Å²) in [4.78, 5) is 7.64. The lowest BCUT2D eigenvalue weighted by atomic mass is 9.37. The maximum Gasteiger partial charge on any atom is 0.248 e. The number of hydrogen-bond donors (Lipinski definition) is 0. The van der Waals surface area contributed by atoms with Gasteiger partial charge in [-0.3, -0.25) is 0 Å². The summed E-state index contributed by atoms with van der Waals surface area (Å²) in [6.45, 7) is 5.31. The molecule has 3 heterocycles. The Bertz CT molecular complexity index is 2480. The largest absolute Gasteiger partial charge is 0.335 e. The third kappa shape index (κ3) is 4.31. The standard InChI is InChI=1S/C50H42BN3/c1-49-31-15-16-32-50(49,2)54-46-34-40(53(37-21-11-5-12-22-37)38-23-13-6-14-24-38)26-30-45(46)51-44-29-25-39(33-42(44)41-27-28-43(49)48(54)47(41)51)52(35-17-7-3-8-18-35)36-19-9-4-10-20-36/h3-14,17-30,33-34H,15-16,31-32H2,1-2H3. The summed E-state index contributed by atoms with van der Waals surface area (Å²) in [6.07, 6.45) is 4.94. The number of nitrogens with zero attached hydrogens (tertiary/aromatic N) is 3. The van der Waals surface area contributed by atoms with Crippen molar-refractivity contribution in [2.24, 2.45) is 0 Å². The molecule has 0 aromatic heterocycles. The summed E-state index contributed by atoms with van der Waals surface area (Å²) in [6, 6.07) is 62.8. The molecule has 4 heteroatoms. The maximum absolute atomic E-state index is 2.83. The van der Waals surface area contributed by atoms with Gasteiger partial charge in [0.15, 0.2) is 0 Å². The van der Waals surface area contributed by atoms with Crippen LogP contribution in [-0.4, -0.2) is 12.3 Å². The van der Waals surface area contributed by atoms with Gasteiger partial charge in [0.05, 0.1) is 5.54 Å². The lowest BCUT2D eigenvalue weighted by Crippen LogP contribution is -2.61. The highest BCUT2D eigenvalue weighted by Crippen LogP contribution is 2.62. The summed E-state index contributed by atoms with van der Waals surface area (Å²) in [5.74, 6) is 0. The number of rotatable bonds is 6. The van der Waals surface area contributed by atoms with E-state index in [9.17, 15) is 0 Å². The van der Waals surface area contributed by atoms with Crippen molar-refractivity contribution in [3.63, 3.8) is 0 Å². The molecule has 1 fully saturated rings. The quantitative estimate of drug-likeness (QED) is 0.160. The normalized spacial score (nSPS) is 19.8. The van der Waals surface area contributed by atoms with Gasteiger partial charge in [-0.25, -0.2) is 0 Å². The highest BCUT2D eigenvalue weighted by molar-refractivity contribution is 7.01. The van der Waals surface area contributed by atoms with Crippen molar-refractivity contribution in [1.29, 1.82) is 0 Å². The maximum atomic E-state index is 2.83. The molecule has 7 aromatic rings. The van der Waals surface area contributed by atoms with E-state index < -0.39 is 0 Å². The van der Waals surface area contributed by atoms with E-state index in [1.165, 1.54) is 81.5 Å². The molecule has 2 atom stereocenters. The number of hydrogen-bond acceptors (Lipinski definition) is 3. The molecule has 54 heavy (non-hydrogen) atoms. The van der Waals surface area contributed by atoms with E-state index in [1.807, 2.05) is 0 Å². The van der Waals surface area contributed by atoms with Crippen LogP contribution in [0.15, 0.2) is 170 Å². The molecule has 11 rings (SSSR count). The van der Waals surface area contributed by atoms with Gasteiger partial charge in [0.1, 0.15) is 0 Å². The summed E-state index contributed by atoms with van der Waals surface area (Å²) >= 11 is 0. The lowest BCUT2D eigenvalue weighted by molar-refractivity contribution is 0.195. The summed E-state index contributed by atoms with van der Waals surface area (Å²) in [5, 5.41) is 0. The minimum absolute atomic E-state index is 0.0251. The highest BCUT2D eigenvalue weighted by atomic mass is 15.3. The zero-order valence-corrected chi connectivity index (χ0v) is 30.9. The molecule has 2 unspecified atom stereocenters. The number of anilines is 8. The van der Waals surface area contributed by atoms with Crippen molar-refractivity contribution in [1.82, 2.24) is 0 Å². The topological polar surface area (TPSA) is 9.72 Å². The Kier molecular flexibility index (Phi) is 6.86. The third-order valence-corrected chi connectivity index (χ3v) is 13.4. The summed E-state index contributed by atoms with van der Waals surface area (Å²) in [7, 11) is 0. The summed E-state index contributed by atoms with van der Waals surface area (Å²) < 4.78 is 0. The van der Waals surface area contributed by atoms with Crippen LogP contribution in [0.25, 0.3) is 11.1 Å². The van der Waals surface area contributed by atoms with Gasteiger partial charge in [-0.1, -0.05) is 122 Å².